The number of aromatic carboxylic acids is 1. The van der Waals surface area contributed by atoms with Crippen molar-refractivity contribution in [1.29, 1.82) is 0 Å². The largest absolute Gasteiger partial charge is 0.478 e. The van der Waals surface area contributed by atoms with Crippen molar-refractivity contribution in [3.05, 3.63) is 69.9 Å². The molecule has 39 heavy (non-hydrogen) atoms. The van der Waals surface area contributed by atoms with E-state index in [2.05, 4.69) is 10.2 Å². The van der Waals surface area contributed by atoms with Crippen LogP contribution in [0.3, 0.4) is 0 Å². The van der Waals surface area contributed by atoms with E-state index in [0.29, 0.717) is 62.8 Å². The molecule has 0 atom stereocenters. The number of rotatable bonds is 7. The van der Waals surface area contributed by atoms with Crippen LogP contribution in [0.25, 0.3) is 10.9 Å². The van der Waals surface area contributed by atoms with Crippen LogP contribution in [0.4, 0.5) is 5.69 Å². The molecule has 1 aromatic heterocycles. The first-order valence-corrected chi connectivity index (χ1v) is 13.3. The molecule has 0 radical (unpaired) electrons. The molecule has 11 heteroatoms. The van der Waals surface area contributed by atoms with Gasteiger partial charge in [0, 0.05) is 73.9 Å². The lowest BCUT2D eigenvalue weighted by Gasteiger charge is -2.36. The number of amides is 2. The highest BCUT2D eigenvalue weighted by atomic mass is 35.5. The highest BCUT2D eigenvalue weighted by Gasteiger charge is 2.30. The van der Waals surface area contributed by atoms with Gasteiger partial charge in [0.1, 0.15) is 0 Å². The average Bonchev–Trinajstić information content (AvgIpc) is 2.92. The van der Waals surface area contributed by atoms with Crippen molar-refractivity contribution in [3.8, 4) is 0 Å². The molecule has 10 nitrogen and oxygen atoms in total. The van der Waals surface area contributed by atoms with E-state index < -0.39 is 5.97 Å². The van der Waals surface area contributed by atoms with Crippen LogP contribution in [0.2, 0.25) is 5.02 Å². The maximum absolute atomic E-state index is 13.9. The number of nitrogens with one attached hydrogen (secondary N) is 1. The molecule has 2 aromatic carbocycles. The van der Waals surface area contributed by atoms with Crippen molar-refractivity contribution in [2.24, 2.45) is 0 Å². The zero-order chi connectivity index (χ0) is 27.5. The number of carboxylic acids is 1. The quantitative estimate of drug-likeness (QED) is 0.408. The molecule has 0 spiro atoms. The lowest BCUT2D eigenvalue weighted by molar-refractivity contribution is -0.117. The summed E-state index contributed by atoms with van der Waals surface area (Å²) in [5.41, 5.74) is 3.17. The van der Waals surface area contributed by atoms with Crippen molar-refractivity contribution in [2.45, 2.75) is 13.0 Å². The van der Waals surface area contributed by atoms with Crippen LogP contribution < -0.4 is 5.32 Å². The number of pyridine rings is 1. The molecule has 1 fully saturated rings. The SMILES string of the molecule is O=C(CN1CCc2nc3ccccc3c(C(=O)N3CCN(CCO)CC3)c2C1)Nc1cc(Cl)ccc1C(=O)O. The van der Waals surface area contributed by atoms with Gasteiger partial charge in [-0.3, -0.25) is 24.4 Å². The van der Waals surface area contributed by atoms with Crippen LogP contribution in [-0.2, 0) is 17.8 Å². The third-order valence-corrected chi connectivity index (χ3v) is 7.50. The predicted molar refractivity (Wildman–Crippen MR) is 147 cm³/mol. The van der Waals surface area contributed by atoms with Crippen molar-refractivity contribution in [2.75, 3.05) is 57.7 Å². The monoisotopic (exact) mass is 551 g/mol. The van der Waals surface area contributed by atoms with Crippen molar-refractivity contribution < 1.29 is 24.6 Å². The summed E-state index contributed by atoms with van der Waals surface area (Å²) in [7, 11) is 0. The second kappa shape index (κ2) is 11.7. The third-order valence-electron chi connectivity index (χ3n) is 7.27. The minimum atomic E-state index is -1.16. The molecular weight excluding hydrogens is 522 g/mol. The normalized spacial score (nSPS) is 16.2. The van der Waals surface area contributed by atoms with Gasteiger partial charge in [0.2, 0.25) is 5.91 Å². The highest BCUT2D eigenvalue weighted by Crippen LogP contribution is 2.30. The number of nitrogens with zero attached hydrogens (tertiary/aromatic N) is 4. The van der Waals surface area contributed by atoms with Gasteiger partial charge in [-0.2, -0.15) is 0 Å². The fourth-order valence-electron chi connectivity index (χ4n) is 5.30. The summed E-state index contributed by atoms with van der Waals surface area (Å²) in [5.74, 6) is -1.58. The summed E-state index contributed by atoms with van der Waals surface area (Å²) in [5, 5.41) is 22.5. The maximum atomic E-state index is 13.9. The number of hydrogen-bond donors (Lipinski definition) is 3. The fourth-order valence-corrected chi connectivity index (χ4v) is 5.47. The Balaban J connectivity index is 1.38. The van der Waals surface area contributed by atoms with Gasteiger partial charge in [0.15, 0.2) is 0 Å². The number of para-hydroxylation sites is 1. The molecule has 0 bridgehead atoms. The highest BCUT2D eigenvalue weighted by molar-refractivity contribution is 6.31. The van der Waals surface area contributed by atoms with E-state index in [4.69, 9.17) is 16.6 Å². The Labute approximate surface area is 230 Å². The first kappa shape index (κ1) is 27.0. The second-order valence-corrected chi connectivity index (χ2v) is 10.2. The van der Waals surface area contributed by atoms with Gasteiger partial charge in [0.25, 0.3) is 5.91 Å². The summed E-state index contributed by atoms with van der Waals surface area (Å²) < 4.78 is 0. The molecule has 2 amide bonds. The van der Waals surface area contributed by atoms with Crippen molar-refractivity contribution in [1.82, 2.24) is 19.7 Å². The Kier molecular flexibility index (Phi) is 8.08. The van der Waals surface area contributed by atoms with Gasteiger partial charge < -0.3 is 20.4 Å². The van der Waals surface area contributed by atoms with Crippen LogP contribution >= 0.6 is 11.6 Å². The number of aromatic nitrogens is 1. The average molecular weight is 552 g/mol. The van der Waals surface area contributed by atoms with Gasteiger partial charge >= 0.3 is 5.97 Å². The molecule has 0 saturated carbocycles. The zero-order valence-electron chi connectivity index (χ0n) is 21.4. The number of aliphatic hydroxyl groups is 1. The van der Waals surface area contributed by atoms with E-state index >= 15 is 0 Å². The first-order chi connectivity index (χ1) is 18.8. The molecular formula is C28H30ClN5O5. The minimum absolute atomic E-state index is 0.0192. The van der Waals surface area contributed by atoms with Gasteiger partial charge in [-0.15, -0.1) is 0 Å². The van der Waals surface area contributed by atoms with E-state index in [1.54, 1.807) is 0 Å². The predicted octanol–water partition coefficient (Wildman–Crippen LogP) is 2.33. The maximum Gasteiger partial charge on any atom is 0.337 e. The number of β-amino-alcohol motifs (C(OH)–C–C–N with tert-alkyl or cyclic N) is 1. The Hall–Kier alpha value is -3.57. The summed E-state index contributed by atoms with van der Waals surface area (Å²) in [4.78, 5) is 49.2. The first-order valence-electron chi connectivity index (χ1n) is 12.9. The van der Waals surface area contributed by atoms with Gasteiger partial charge in [0.05, 0.1) is 35.5 Å². The molecule has 0 aliphatic carbocycles. The Morgan fingerprint density at radius 3 is 2.51 bits per heavy atom. The number of hydrogen-bond acceptors (Lipinski definition) is 7. The number of carbonyl (C=O) groups excluding carboxylic acids is 2. The number of anilines is 1. The fraction of sp³-hybridized carbons (Fsp3) is 0.357. The van der Waals surface area contributed by atoms with Gasteiger partial charge in [-0.1, -0.05) is 29.8 Å². The van der Waals surface area contributed by atoms with E-state index in [9.17, 15) is 24.6 Å². The number of benzene rings is 2. The molecule has 5 rings (SSSR count). The van der Waals surface area contributed by atoms with Crippen LogP contribution in [0.1, 0.15) is 32.0 Å². The van der Waals surface area contributed by atoms with E-state index in [1.807, 2.05) is 34.1 Å². The molecule has 3 N–H and O–H groups in total. The summed E-state index contributed by atoms with van der Waals surface area (Å²) >= 11 is 6.02. The van der Waals surface area contributed by atoms with Crippen LogP contribution in [-0.4, -0.2) is 100 Å². The number of carbonyl (C=O) groups is 3. The van der Waals surface area contributed by atoms with Crippen molar-refractivity contribution >= 4 is 46.0 Å². The number of piperazine rings is 1. The Morgan fingerprint density at radius 2 is 1.77 bits per heavy atom. The lowest BCUT2D eigenvalue weighted by Crippen LogP contribution is -2.49. The van der Waals surface area contributed by atoms with E-state index in [1.165, 1.54) is 18.2 Å². The summed E-state index contributed by atoms with van der Waals surface area (Å²) in [6.07, 6.45) is 0.579. The van der Waals surface area contributed by atoms with Gasteiger partial charge in [-0.25, -0.2) is 4.79 Å². The third kappa shape index (κ3) is 5.89. The Bertz CT molecular complexity index is 1420. The topological polar surface area (TPSA) is 126 Å². The molecule has 2 aliphatic heterocycles. The molecule has 204 valence electrons. The summed E-state index contributed by atoms with van der Waals surface area (Å²) in [6.45, 7) is 4.19. The molecule has 3 heterocycles. The van der Waals surface area contributed by atoms with Crippen molar-refractivity contribution in [3.63, 3.8) is 0 Å². The summed E-state index contributed by atoms with van der Waals surface area (Å²) in [6, 6.07) is 11.9. The van der Waals surface area contributed by atoms with Gasteiger partial charge in [-0.05, 0) is 24.3 Å². The van der Waals surface area contributed by atoms with E-state index in [0.717, 1.165) is 22.2 Å². The number of fused-ring (bicyclic) bond motifs is 2. The standard InChI is InChI=1S/C28H30ClN5O5/c29-18-5-6-20(28(38)39)24(15-18)31-25(36)17-33-8-7-23-21(16-33)26(19-3-1-2-4-22(19)30-23)27(37)34-11-9-32(10-12-34)13-14-35/h1-6,15,35H,7-14,16-17H2,(H,31,36)(H,38,39). The van der Waals surface area contributed by atoms with E-state index in [-0.39, 0.29) is 36.2 Å². The number of halogens is 1. The number of aliphatic hydroxyl groups excluding tert-OH is 1. The minimum Gasteiger partial charge on any atom is -0.478 e. The second-order valence-electron chi connectivity index (χ2n) is 9.79. The van der Waals surface area contributed by atoms with Crippen LogP contribution in [0, 0.1) is 0 Å². The van der Waals surface area contributed by atoms with Crippen LogP contribution in [0.15, 0.2) is 42.5 Å². The molecule has 2 aliphatic rings. The molecule has 0 unspecified atom stereocenters. The zero-order valence-corrected chi connectivity index (χ0v) is 22.2. The van der Waals surface area contributed by atoms with Crippen LogP contribution in [0.5, 0.6) is 0 Å². The lowest BCUT2D eigenvalue weighted by atomic mass is 9.94. The number of carboxylic acid groups (broad SMARTS) is 1. The smallest absolute Gasteiger partial charge is 0.337 e. The molecule has 1 saturated heterocycles. The Morgan fingerprint density at radius 1 is 1.00 bits per heavy atom. The molecule has 3 aromatic rings.